The van der Waals surface area contributed by atoms with Gasteiger partial charge in [0.25, 0.3) is 0 Å². The molecule has 1 saturated heterocycles. The number of imidazole rings is 1. The molecule has 1 fully saturated rings. The standard InChI is InChI=1S/C18H17Br2ClN2O7/c1-7(24)27-6-12-15(28-8(2)25)16(29-9(3)26)17(30-12)23-14-11(22-18(23)21)5-4-10(19)13(14)20/h4-5,12,15-17H,6H2,1-3H3/t12-,15-,16-,17-/m1/s1. The van der Waals surface area contributed by atoms with Gasteiger partial charge in [0.15, 0.2) is 18.4 Å². The van der Waals surface area contributed by atoms with Crippen molar-refractivity contribution in [2.75, 3.05) is 6.61 Å². The fraction of sp³-hybridized carbons (Fsp3) is 0.444. The van der Waals surface area contributed by atoms with Crippen molar-refractivity contribution in [3.05, 3.63) is 26.4 Å². The molecule has 0 aliphatic carbocycles. The maximum atomic E-state index is 11.8. The minimum atomic E-state index is -1.06. The van der Waals surface area contributed by atoms with Gasteiger partial charge in [-0.05, 0) is 55.6 Å². The van der Waals surface area contributed by atoms with E-state index < -0.39 is 42.4 Å². The molecule has 0 saturated carbocycles. The summed E-state index contributed by atoms with van der Waals surface area (Å²) >= 11 is 13.3. The molecule has 2 heterocycles. The Labute approximate surface area is 193 Å². The summed E-state index contributed by atoms with van der Waals surface area (Å²) in [5.74, 6) is -1.76. The van der Waals surface area contributed by atoms with E-state index in [4.69, 9.17) is 30.5 Å². The zero-order valence-electron chi connectivity index (χ0n) is 16.1. The highest BCUT2D eigenvalue weighted by atomic mass is 79.9. The lowest BCUT2D eigenvalue weighted by Crippen LogP contribution is -2.40. The molecule has 9 nitrogen and oxygen atoms in total. The van der Waals surface area contributed by atoms with E-state index in [0.29, 0.717) is 15.5 Å². The fourth-order valence-electron chi connectivity index (χ4n) is 3.23. The Morgan fingerprint density at radius 3 is 2.33 bits per heavy atom. The molecule has 0 bridgehead atoms. The zero-order valence-corrected chi connectivity index (χ0v) is 20.0. The number of nitrogens with zero attached hydrogens (tertiary/aromatic N) is 2. The number of aromatic nitrogens is 2. The van der Waals surface area contributed by atoms with Crippen LogP contribution < -0.4 is 0 Å². The Kier molecular flexibility index (Phi) is 7.05. The van der Waals surface area contributed by atoms with Gasteiger partial charge in [0.2, 0.25) is 5.28 Å². The molecule has 0 radical (unpaired) electrons. The van der Waals surface area contributed by atoms with Crippen LogP contribution in [0.2, 0.25) is 5.28 Å². The highest BCUT2D eigenvalue weighted by Crippen LogP contribution is 2.41. The van der Waals surface area contributed by atoms with Gasteiger partial charge in [-0.2, -0.15) is 0 Å². The molecule has 12 heteroatoms. The van der Waals surface area contributed by atoms with Crippen molar-refractivity contribution in [1.29, 1.82) is 0 Å². The predicted molar refractivity (Wildman–Crippen MR) is 112 cm³/mol. The smallest absolute Gasteiger partial charge is 0.303 e. The van der Waals surface area contributed by atoms with Crippen LogP contribution in [0.3, 0.4) is 0 Å². The fourth-order valence-corrected chi connectivity index (χ4v) is 4.35. The monoisotopic (exact) mass is 566 g/mol. The normalized spacial score (nSPS) is 23.4. The summed E-state index contributed by atoms with van der Waals surface area (Å²) in [6.07, 6.45) is -3.99. The van der Waals surface area contributed by atoms with E-state index in [9.17, 15) is 14.4 Å². The summed E-state index contributed by atoms with van der Waals surface area (Å²) < 4.78 is 24.8. The first-order chi connectivity index (χ1) is 14.1. The first kappa shape index (κ1) is 23.0. The number of hydrogen-bond acceptors (Lipinski definition) is 8. The van der Waals surface area contributed by atoms with Crippen molar-refractivity contribution >= 4 is 72.4 Å². The van der Waals surface area contributed by atoms with Crippen molar-refractivity contribution in [3.63, 3.8) is 0 Å². The first-order valence-corrected chi connectivity index (χ1v) is 10.7. The topological polar surface area (TPSA) is 106 Å². The number of fused-ring (bicyclic) bond motifs is 1. The molecule has 30 heavy (non-hydrogen) atoms. The molecule has 0 amide bonds. The zero-order chi connectivity index (χ0) is 22.2. The van der Waals surface area contributed by atoms with E-state index in [1.54, 1.807) is 12.1 Å². The Morgan fingerprint density at radius 1 is 1.10 bits per heavy atom. The summed E-state index contributed by atoms with van der Waals surface area (Å²) in [6, 6.07) is 3.55. The second kappa shape index (κ2) is 9.21. The van der Waals surface area contributed by atoms with Crippen LogP contribution in [-0.4, -0.2) is 52.4 Å². The van der Waals surface area contributed by atoms with Gasteiger partial charge in [0.05, 0.1) is 15.5 Å². The van der Waals surface area contributed by atoms with Gasteiger partial charge in [-0.3, -0.25) is 19.0 Å². The Bertz CT molecular complexity index is 1010. The summed E-state index contributed by atoms with van der Waals surface area (Å²) in [4.78, 5) is 39.1. The molecule has 1 aliphatic heterocycles. The van der Waals surface area contributed by atoms with Crippen LogP contribution >= 0.6 is 43.5 Å². The molecule has 0 unspecified atom stereocenters. The van der Waals surface area contributed by atoms with E-state index in [2.05, 4.69) is 36.8 Å². The van der Waals surface area contributed by atoms with E-state index in [0.717, 1.165) is 4.47 Å². The summed E-state index contributed by atoms with van der Waals surface area (Å²) in [6.45, 7) is 3.47. The predicted octanol–water partition coefficient (Wildman–Crippen LogP) is 3.54. The van der Waals surface area contributed by atoms with E-state index in [1.807, 2.05) is 0 Å². The highest BCUT2D eigenvalue weighted by Gasteiger charge is 2.51. The minimum absolute atomic E-state index is 0.0701. The molecule has 162 valence electrons. The summed E-state index contributed by atoms with van der Waals surface area (Å²) in [7, 11) is 0. The quantitative estimate of drug-likeness (QED) is 0.399. The number of benzene rings is 1. The van der Waals surface area contributed by atoms with Gasteiger partial charge in [-0.25, -0.2) is 4.98 Å². The van der Waals surface area contributed by atoms with E-state index >= 15 is 0 Å². The van der Waals surface area contributed by atoms with Crippen LogP contribution in [0.4, 0.5) is 0 Å². The van der Waals surface area contributed by atoms with Gasteiger partial charge in [-0.1, -0.05) is 0 Å². The lowest BCUT2D eigenvalue weighted by molar-refractivity contribution is -0.166. The summed E-state index contributed by atoms with van der Waals surface area (Å²) in [5.41, 5.74) is 1.14. The second-order valence-electron chi connectivity index (χ2n) is 6.50. The number of ether oxygens (including phenoxy) is 4. The van der Waals surface area contributed by atoms with Crippen LogP contribution in [0, 0.1) is 0 Å². The molecule has 1 aromatic carbocycles. The second-order valence-corrected chi connectivity index (χ2v) is 8.48. The number of halogens is 3. The largest absolute Gasteiger partial charge is 0.463 e. The minimum Gasteiger partial charge on any atom is -0.463 e. The van der Waals surface area contributed by atoms with E-state index in [1.165, 1.54) is 25.3 Å². The van der Waals surface area contributed by atoms with Crippen molar-refractivity contribution in [2.24, 2.45) is 0 Å². The Morgan fingerprint density at radius 2 is 1.73 bits per heavy atom. The van der Waals surface area contributed by atoms with Crippen LogP contribution in [0.1, 0.15) is 27.0 Å². The third-order valence-electron chi connectivity index (χ3n) is 4.30. The van der Waals surface area contributed by atoms with Gasteiger partial charge < -0.3 is 18.9 Å². The molecule has 2 aromatic rings. The SMILES string of the molecule is CC(=O)OC[C@H]1O[C@@H](n2c(Cl)nc3ccc(Br)c(Br)c32)[C@H](OC(C)=O)[C@@H]1OC(C)=O. The molecular weight excluding hydrogens is 551 g/mol. The molecule has 4 atom stereocenters. The molecular formula is C18H17Br2ClN2O7. The molecule has 0 spiro atoms. The van der Waals surface area contributed by atoms with Crippen LogP contribution in [0.5, 0.6) is 0 Å². The van der Waals surface area contributed by atoms with Gasteiger partial charge in [0.1, 0.15) is 12.7 Å². The highest BCUT2D eigenvalue weighted by molar-refractivity contribution is 9.13. The number of hydrogen-bond donors (Lipinski definition) is 0. The lowest BCUT2D eigenvalue weighted by atomic mass is 10.1. The van der Waals surface area contributed by atoms with Gasteiger partial charge in [0, 0.05) is 25.2 Å². The maximum Gasteiger partial charge on any atom is 0.303 e. The van der Waals surface area contributed by atoms with Crippen molar-refractivity contribution in [1.82, 2.24) is 9.55 Å². The third kappa shape index (κ3) is 4.63. The van der Waals surface area contributed by atoms with Crippen LogP contribution in [0.25, 0.3) is 11.0 Å². The average Bonchev–Trinajstić information content (AvgIpc) is 3.13. The Balaban J connectivity index is 2.11. The van der Waals surface area contributed by atoms with Gasteiger partial charge in [-0.15, -0.1) is 0 Å². The molecule has 1 aliphatic rings. The summed E-state index contributed by atoms with van der Waals surface area (Å²) in [5, 5.41) is 0.0701. The average molecular weight is 569 g/mol. The molecule has 1 aromatic heterocycles. The third-order valence-corrected chi connectivity index (χ3v) is 6.56. The number of carbonyl (C=O) groups is 3. The van der Waals surface area contributed by atoms with Crippen LogP contribution in [-0.2, 0) is 33.3 Å². The van der Waals surface area contributed by atoms with Crippen LogP contribution in [0.15, 0.2) is 21.1 Å². The maximum absolute atomic E-state index is 11.8. The molecule has 3 rings (SSSR count). The van der Waals surface area contributed by atoms with Crippen molar-refractivity contribution in [2.45, 2.75) is 45.3 Å². The number of esters is 3. The molecule has 0 N–H and O–H groups in total. The Hall–Kier alpha value is -1.69. The first-order valence-electron chi connectivity index (χ1n) is 8.74. The lowest BCUT2D eigenvalue weighted by Gasteiger charge is -2.24. The number of rotatable bonds is 5. The van der Waals surface area contributed by atoms with Crippen molar-refractivity contribution in [3.8, 4) is 0 Å². The van der Waals surface area contributed by atoms with Crippen molar-refractivity contribution < 1.29 is 33.3 Å². The number of carbonyl (C=O) groups excluding carboxylic acids is 3. The van der Waals surface area contributed by atoms with E-state index in [-0.39, 0.29) is 11.9 Å². The van der Waals surface area contributed by atoms with Gasteiger partial charge >= 0.3 is 17.9 Å².